The zero-order chi connectivity index (χ0) is 17.1. The van der Waals surface area contributed by atoms with Crippen LogP contribution in [0.25, 0.3) is 10.8 Å². The molecule has 24 heavy (non-hydrogen) atoms. The standard InChI is InChI=1S/C20H18ClNO2/c1-13-10-11-16(12-18(13)21)22-20(23)14(2)24-19-9-5-7-15-6-3-4-8-17(15)19/h3-12,14H,1-2H3,(H,22,23)/t14-/m0/s1. The van der Waals surface area contributed by atoms with Gasteiger partial charge in [0.2, 0.25) is 0 Å². The van der Waals surface area contributed by atoms with E-state index in [0.717, 1.165) is 16.3 Å². The van der Waals surface area contributed by atoms with Crippen molar-refractivity contribution in [2.24, 2.45) is 0 Å². The number of nitrogens with one attached hydrogen (secondary N) is 1. The first-order valence-corrected chi connectivity index (χ1v) is 8.14. The minimum absolute atomic E-state index is 0.220. The second kappa shape index (κ2) is 6.93. The number of rotatable bonds is 4. The van der Waals surface area contributed by atoms with Gasteiger partial charge in [-0.25, -0.2) is 0 Å². The minimum atomic E-state index is -0.629. The van der Waals surface area contributed by atoms with Crippen LogP contribution in [0, 0.1) is 6.92 Å². The third-order valence-corrected chi connectivity index (χ3v) is 4.27. The Hall–Kier alpha value is -2.52. The van der Waals surface area contributed by atoms with Crippen LogP contribution in [-0.4, -0.2) is 12.0 Å². The Morgan fingerprint density at radius 1 is 1.08 bits per heavy atom. The van der Waals surface area contributed by atoms with Crippen molar-refractivity contribution in [1.82, 2.24) is 0 Å². The Kier molecular flexibility index (Phi) is 4.72. The summed E-state index contributed by atoms with van der Waals surface area (Å²) in [5.41, 5.74) is 1.62. The summed E-state index contributed by atoms with van der Waals surface area (Å²) in [4.78, 5) is 12.4. The van der Waals surface area contributed by atoms with Crippen molar-refractivity contribution in [3.05, 3.63) is 71.2 Å². The van der Waals surface area contributed by atoms with E-state index in [1.165, 1.54) is 0 Å². The first kappa shape index (κ1) is 16.3. The van der Waals surface area contributed by atoms with E-state index in [4.69, 9.17) is 16.3 Å². The largest absolute Gasteiger partial charge is 0.480 e. The van der Waals surface area contributed by atoms with Gasteiger partial charge in [0.05, 0.1) is 0 Å². The molecule has 0 aromatic heterocycles. The number of ether oxygens (including phenoxy) is 1. The quantitative estimate of drug-likeness (QED) is 0.708. The molecule has 3 rings (SSSR count). The van der Waals surface area contributed by atoms with Gasteiger partial charge < -0.3 is 10.1 Å². The molecule has 0 saturated carbocycles. The molecule has 0 aliphatic rings. The maximum absolute atomic E-state index is 12.4. The van der Waals surface area contributed by atoms with E-state index in [2.05, 4.69) is 5.32 Å². The van der Waals surface area contributed by atoms with Gasteiger partial charge in [-0.1, -0.05) is 54.1 Å². The van der Waals surface area contributed by atoms with E-state index >= 15 is 0 Å². The monoisotopic (exact) mass is 339 g/mol. The normalized spacial score (nSPS) is 12.0. The second-order valence-corrected chi connectivity index (χ2v) is 6.10. The van der Waals surface area contributed by atoms with Crippen LogP contribution in [0.15, 0.2) is 60.7 Å². The predicted octanol–water partition coefficient (Wildman–Crippen LogP) is 5.21. The lowest BCUT2D eigenvalue weighted by Crippen LogP contribution is -2.30. The van der Waals surface area contributed by atoms with E-state index in [9.17, 15) is 4.79 Å². The van der Waals surface area contributed by atoms with Crippen molar-refractivity contribution in [3.63, 3.8) is 0 Å². The number of anilines is 1. The van der Waals surface area contributed by atoms with Crippen LogP contribution in [-0.2, 0) is 4.79 Å². The van der Waals surface area contributed by atoms with Crippen LogP contribution in [0.5, 0.6) is 5.75 Å². The van der Waals surface area contributed by atoms with E-state index in [1.807, 2.05) is 61.5 Å². The Balaban J connectivity index is 1.75. The summed E-state index contributed by atoms with van der Waals surface area (Å²) in [6.45, 7) is 3.65. The lowest BCUT2D eigenvalue weighted by atomic mass is 10.1. The molecule has 0 spiro atoms. The van der Waals surface area contributed by atoms with Crippen molar-refractivity contribution in [3.8, 4) is 5.75 Å². The van der Waals surface area contributed by atoms with Gasteiger partial charge in [0.25, 0.3) is 5.91 Å². The average molecular weight is 340 g/mol. The summed E-state index contributed by atoms with van der Waals surface area (Å²) in [6.07, 6.45) is -0.629. The number of fused-ring (bicyclic) bond motifs is 1. The number of halogens is 1. The van der Waals surface area contributed by atoms with E-state index < -0.39 is 6.10 Å². The zero-order valence-electron chi connectivity index (χ0n) is 13.5. The number of amides is 1. The van der Waals surface area contributed by atoms with Gasteiger partial charge >= 0.3 is 0 Å². The third kappa shape index (κ3) is 3.52. The molecule has 3 aromatic rings. The van der Waals surface area contributed by atoms with Crippen molar-refractivity contribution < 1.29 is 9.53 Å². The Morgan fingerprint density at radius 3 is 2.62 bits per heavy atom. The first-order chi connectivity index (χ1) is 11.5. The number of aryl methyl sites for hydroxylation is 1. The minimum Gasteiger partial charge on any atom is -0.480 e. The molecule has 0 fully saturated rings. The van der Waals surface area contributed by atoms with Crippen LogP contribution in [0.1, 0.15) is 12.5 Å². The highest BCUT2D eigenvalue weighted by Gasteiger charge is 2.16. The molecule has 0 aliphatic carbocycles. The van der Waals surface area contributed by atoms with Crippen LogP contribution < -0.4 is 10.1 Å². The molecule has 0 radical (unpaired) electrons. The van der Waals surface area contributed by atoms with Crippen molar-refractivity contribution in [1.29, 1.82) is 0 Å². The van der Waals surface area contributed by atoms with Gasteiger partial charge in [0.15, 0.2) is 6.10 Å². The Bertz CT molecular complexity index is 886. The summed E-state index contributed by atoms with van der Waals surface area (Å²) in [5.74, 6) is 0.473. The topological polar surface area (TPSA) is 38.3 Å². The van der Waals surface area contributed by atoms with Crippen molar-refractivity contribution >= 4 is 34.0 Å². The SMILES string of the molecule is Cc1ccc(NC(=O)[C@H](C)Oc2cccc3ccccc23)cc1Cl. The maximum atomic E-state index is 12.4. The van der Waals surface area contributed by atoms with E-state index in [-0.39, 0.29) is 5.91 Å². The summed E-state index contributed by atoms with van der Waals surface area (Å²) in [5, 5.41) is 5.51. The third-order valence-electron chi connectivity index (χ3n) is 3.86. The molecule has 0 heterocycles. The molecule has 122 valence electrons. The number of hydrogen-bond acceptors (Lipinski definition) is 2. The molecule has 3 aromatic carbocycles. The maximum Gasteiger partial charge on any atom is 0.265 e. The van der Waals surface area contributed by atoms with Crippen LogP contribution in [0.4, 0.5) is 5.69 Å². The van der Waals surface area contributed by atoms with Gasteiger partial charge in [-0.05, 0) is 43.0 Å². The highest BCUT2D eigenvalue weighted by atomic mass is 35.5. The number of hydrogen-bond donors (Lipinski definition) is 1. The molecule has 1 N–H and O–H groups in total. The lowest BCUT2D eigenvalue weighted by molar-refractivity contribution is -0.122. The molecule has 0 bridgehead atoms. The first-order valence-electron chi connectivity index (χ1n) is 7.76. The van der Waals surface area contributed by atoms with Crippen molar-refractivity contribution in [2.45, 2.75) is 20.0 Å². The van der Waals surface area contributed by atoms with Gasteiger partial charge in [-0.3, -0.25) is 4.79 Å². The fourth-order valence-corrected chi connectivity index (χ4v) is 2.64. The highest BCUT2D eigenvalue weighted by Crippen LogP contribution is 2.26. The summed E-state index contributed by atoms with van der Waals surface area (Å²) in [7, 11) is 0. The predicted molar refractivity (Wildman–Crippen MR) is 98.9 cm³/mol. The molecule has 1 amide bonds. The fraction of sp³-hybridized carbons (Fsp3) is 0.150. The zero-order valence-corrected chi connectivity index (χ0v) is 14.3. The fourth-order valence-electron chi connectivity index (χ4n) is 2.46. The molecular weight excluding hydrogens is 322 g/mol. The molecule has 1 atom stereocenters. The summed E-state index contributed by atoms with van der Waals surface area (Å²) in [6, 6.07) is 19.2. The average Bonchev–Trinajstić information content (AvgIpc) is 2.58. The molecule has 0 saturated heterocycles. The number of carbonyl (C=O) groups is 1. The molecule has 0 unspecified atom stereocenters. The van der Waals surface area contributed by atoms with Crippen LogP contribution >= 0.6 is 11.6 Å². The highest BCUT2D eigenvalue weighted by molar-refractivity contribution is 6.31. The van der Waals surface area contributed by atoms with Crippen molar-refractivity contribution in [2.75, 3.05) is 5.32 Å². The number of benzene rings is 3. The van der Waals surface area contributed by atoms with Gasteiger partial charge in [0, 0.05) is 16.1 Å². The van der Waals surface area contributed by atoms with E-state index in [1.54, 1.807) is 13.0 Å². The van der Waals surface area contributed by atoms with Crippen LogP contribution in [0.3, 0.4) is 0 Å². The lowest BCUT2D eigenvalue weighted by Gasteiger charge is -2.16. The number of carbonyl (C=O) groups excluding carboxylic acids is 1. The van der Waals surface area contributed by atoms with Gasteiger partial charge in [-0.2, -0.15) is 0 Å². The van der Waals surface area contributed by atoms with Crippen LogP contribution in [0.2, 0.25) is 5.02 Å². The Morgan fingerprint density at radius 2 is 1.83 bits per heavy atom. The summed E-state index contributed by atoms with van der Waals surface area (Å²) < 4.78 is 5.87. The van der Waals surface area contributed by atoms with E-state index in [0.29, 0.717) is 16.5 Å². The van der Waals surface area contributed by atoms with Gasteiger partial charge in [-0.15, -0.1) is 0 Å². The molecule has 3 nitrogen and oxygen atoms in total. The smallest absolute Gasteiger partial charge is 0.265 e. The molecule has 0 aliphatic heterocycles. The molecule has 4 heteroatoms. The Labute approximate surface area is 146 Å². The van der Waals surface area contributed by atoms with Gasteiger partial charge in [0.1, 0.15) is 5.75 Å². The summed E-state index contributed by atoms with van der Waals surface area (Å²) >= 11 is 6.09. The molecular formula is C20H18ClNO2. The second-order valence-electron chi connectivity index (χ2n) is 5.69.